The van der Waals surface area contributed by atoms with Crippen molar-refractivity contribution >= 4 is 22.5 Å². The van der Waals surface area contributed by atoms with E-state index in [9.17, 15) is 0 Å². The van der Waals surface area contributed by atoms with Crippen LogP contribution in [0.3, 0.4) is 0 Å². The van der Waals surface area contributed by atoms with Crippen LogP contribution in [0.4, 0.5) is 0 Å². The molecular formula is C16H17ClN4. The zero-order chi connectivity index (χ0) is 14.8. The van der Waals surface area contributed by atoms with E-state index in [4.69, 9.17) is 16.7 Å². The second kappa shape index (κ2) is 5.84. The number of rotatable bonds is 4. The molecule has 5 heteroatoms. The third kappa shape index (κ3) is 2.91. The highest BCUT2D eigenvalue weighted by Gasteiger charge is 2.12. The summed E-state index contributed by atoms with van der Waals surface area (Å²) in [4.78, 5) is 6.38. The summed E-state index contributed by atoms with van der Waals surface area (Å²) < 4.78 is 2.04. The van der Waals surface area contributed by atoms with Gasteiger partial charge in [-0.2, -0.15) is 5.10 Å². The highest BCUT2D eigenvalue weighted by Crippen LogP contribution is 2.28. The van der Waals surface area contributed by atoms with E-state index < -0.39 is 0 Å². The van der Waals surface area contributed by atoms with E-state index in [1.165, 1.54) is 0 Å². The molecule has 21 heavy (non-hydrogen) atoms. The zero-order valence-corrected chi connectivity index (χ0v) is 12.9. The number of hydrogen-bond donors (Lipinski definition) is 0. The Balaban J connectivity index is 2.08. The van der Waals surface area contributed by atoms with Crippen molar-refractivity contribution in [3.8, 4) is 11.3 Å². The lowest BCUT2D eigenvalue weighted by molar-refractivity contribution is 0.377. The van der Waals surface area contributed by atoms with Crippen LogP contribution in [0.1, 0.15) is 0 Å². The molecule has 0 N–H and O–H groups in total. The summed E-state index contributed by atoms with van der Waals surface area (Å²) in [7, 11) is 4.13. The maximum Gasteiger partial charge on any atom is 0.102 e. The first kappa shape index (κ1) is 14.0. The summed E-state index contributed by atoms with van der Waals surface area (Å²) in [5.41, 5.74) is 3.12. The van der Waals surface area contributed by atoms with Gasteiger partial charge in [-0.1, -0.05) is 23.7 Å². The molecule has 0 unspecified atom stereocenters. The Morgan fingerprint density at radius 2 is 1.90 bits per heavy atom. The van der Waals surface area contributed by atoms with Gasteiger partial charge in [-0.3, -0.25) is 9.67 Å². The summed E-state index contributed by atoms with van der Waals surface area (Å²) in [5.74, 6) is 0. The van der Waals surface area contributed by atoms with Crippen molar-refractivity contribution < 1.29 is 0 Å². The zero-order valence-electron chi connectivity index (χ0n) is 12.1. The van der Waals surface area contributed by atoms with Gasteiger partial charge in [0.25, 0.3) is 0 Å². The Labute approximate surface area is 129 Å². The van der Waals surface area contributed by atoms with E-state index in [0.29, 0.717) is 0 Å². The number of nitrogens with zero attached hydrogens (tertiary/aromatic N) is 4. The lowest BCUT2D eigenvalue weighted by Gasteiger charge is -2.09. The minimum absolute atomic E-state index is 0.730. The summed E-state index contributed by atoms with van der Waals surface area (Å²) >= 11 is 5.96. The van der Waals surface area contributed by atoms with Gasteiger partial charge in [0.1, 0.15) is 5.69 Å². The van der Waals surface area contributed by atoms with E-state index in [1.54, 1.807) is 0 Å². The first-order valence-corrected chi connectivity index (χ1v) is 7.24. The van der Waals surface area contributed by atoms with Crippen LogP contribution in [0.2, 0.25) is 5.02 Å². The SMILES string of the molecule is CN(C)CCn1nc(-c2ccc(Cl)cc2)c2cnccc21. The van der Waals surface area contributed by atoms with Crippen LogP contribution in [0, 0.1) is 0 Å². The van der Waals surface area contributed by atoms with Crippen molar-refractivity contribution in [3.63, 3.8) is 0 Å². The molecule has 3 aromatic rings. The molecule has 1 aromatic carbocycles. The van der Waals surface area contributed by atoms with Gasteiger partial charge >= 0.3 is 0 Å². The topological polar surface area (TPSA) is 34.0 Å². The van der Waals surface area contributed by atoms with Crippen molar-refractivity contribution in [2.45, 2.75) is 6.54 Å². The molecule has 0 radical (unpaired) electrons. The van der Waals surface area contributed by atoms with Gasteiger partial charge in [0.05, 0.1) is 12.1 Å². The minimum atomic E-state index is 0.730. The van der Waals surface area contributed by atoms with E-state index in [-0.39, 0.29) is 0 Å². The highest BCUT2D eigenvalue weighted by molar-refractivity contribution is 6.30. The summed E-state index contributed by atoms with van der Waals surface area (Å²) in [6.07, 6.45) is 3.68. The molecule has 108 valence electrons. The molecule has 0 bridgehead atoms. The largest absolute Gasteiger partial charge is 0.308 e. The number of benzene rings is 1. The first-order valence-electron chi connectivity index (χ1n) is 6.86. The molecule has 4 nitrogen and oxygen atoms in total. The number of likely N-dealkylation sites (N-methyl/N-ethyl adjacent to an activating group) is 1. The molecule has 2 heterocycles. The molecule has 2 aromatic heterocycles. The fraction of sp³-hybridized carbons (Fsp3) is 0.250. The third-order valence-electron chi connectivity index (χ3n) is 3.43. The molecule has 0 aliphatic rings. The van der Waals surface area contributed by atoms with Crippen LogP contribution < -0.4 is 0 Å². The number of fused-ring (bicyclic) bond motifs is 1. The van der Waals surface area contributed by atoms with Crippen molar-refractivity contribution in [3.05, 3.63) is 47.7 Å². The maximum atomic E-state index is 5.96. The summed E-state index contributed by atoms with van der Waals surface area (Å²) in [6, 6.07) is 9.77. The molecule has 0 fully saturated rings. The smallest absolute Gasteiger partial charge is 0.102 e. The molecular weight excluding hydrogens is 284 g/mol. The van der Waals surface area contributed by atoms with Crippen molar-refractivity contribution in [2.75, 3.05) is 20.6 Å². The fourth-order valence-corrected chi connectivity index (χ4v) is 2.44. The van der Waals surface area contributed by atoms with Crippen LogP contribution in [-0.2, 0) is 6.54 Å². The van der Waals surface area contributed by atoms with Crippen LogP contribution in [-0.4, -0.2) is 40.3 Å². The number of hydrogen-bond acceptors (Lipinski definition) is 3. The molecule has 0 amide bonds. The average molecular weight is 301 g/mol. The predicted molar refractivity (Wildman–Crippen MR) is 86.5 cm³/mol. The Morgan fingerprint density at radius 3 is 2.62 bits per heavy atom. The fourth-order valence-electron chi connectivity index (χ4n) is 2.31. The van der Waals surface area contributed by atoms with E-state index >= 15 is 0 Å². The summed E-state index contributed by atoms with van der Waals surface area (Å²) in [6.45, 7) is 1.79. The van der Waals surface area contributed by atoms with Gasteiger partial charge in [0.15, 0.2) is 0 Å². The van der Waals surface area contributed by atoms with Crippen molar-refractivity contribution in [1.82, 2.24) is 19.7 Å². The second-order valence-corrected chi connectivity index (χ2v) is 5.71. The third-order valence-corrected chi connectivity index (χ3v) is 3.68. The van der Waals surface area contributed by atoms with Gasteiger partial charge in [-0.15, -0.1) is 0 Å². The first-order chi connectivity index (χ1) is 10.1. The van der Waals surface area contributed by atoms with E-state index in [0.717, 1.165) is 40.3 Å². The van der Waals surface area contributed by atoms with Gasteiger partial charge in [0, 0.05) is 34.9 Å². The number of halogens is 1. The molecule has 0 saturated heterocycles. The van der Waals surface area contributed by atoms with Crippen LogP contribution in [0.15, 0.2) is 42.7 Å². The normalized spacial score (nSPS) is 11.4. The molecule has 0 spiro atoms. The quantitative estimate of drug-likeness (QED) is 0.741. The van der Waals surface area contributed by atoms with Crippen LogP contribution >= 0.6 is 11.6 Å². The monoisotopic (exact) mass is 300 g/mol. The van der Waals surface area contributed by atoms with Gasteiger partial charge in [-0.25, -0.2) is 0 Å². The van der Waals surface area contributed by atoms with Crippen molar-refractivity contribution in [1.29, 1.82) is 0 Å². The number of pyridine rings is 1. The van der Waals surface area contributed by atoms with E-state index in [1.807, 2.05) is 47.4 Å². The van der Waals surface area contributed by atoms with Gasteiger partial charge in [0.2, 0.25) is 0 Å². The Morgan fingerprint density at radius 1 is 1.14 bits per heavy atom. The number of aromatic nitrogens is 3. The maximum absolute atomic E-state index is 5.96. The van der Waals surface area contributed by atoms with Crippen LogP contribution in [0.25, 0.3) is 22.2 Å². The predicted octanol–water partition coefficient (Wildman–Crippen LogP) is 3.31. The highest BCUT2D eigenvalue weighted by atomic mass is 35.5. The van der Waals surface area contributed by atoms with Crippen LogP contribution in [0.5, 0.6) is 0 Å². The molecule has 0 aliphatic carbocycles. The Bertz CT molecular complexity index is 747. The van der Waals surface area contributed by atoms with Gasteiger partial charge in [-0.05, 0) is 32.3 Å². The average Bonchev–Trinajstić information content (AvgIpc) is 2.85. The summed E-state index contributed by atoms with van der Waals surface area (Å²) in [5, 5.41) is 6.57. The molecule has 0 saturated carbocycles. The Kier molecular flexibility index (Phi) is 3.90. The second-order valence-electron chi connectivity index (χ2n) is 5.27. The van der Waals surface area contributed by atoms with Gasteiger partial charge < -0.3 is 4.90 Å². The molecule has 0 aliphatic heterocycles. The minimum Gasteiger partial charge on any atom is -0.308 e. The molecule has 0 atom stereocenters. The lowest BCUT2D eigenvalue weighted by atomic mass is 10.1. The lowest BCUT2D eigenvalue weighted by Crippen LogP contribution is -2.18. The van der Waals surface area contributed by atoms with Crippen molar-refractivity contribution in [2.24, 2.45) is 0 Å². The Hall–Kier alpha value is -1.91. The van der Waals surface area contributed by atoms with E-state index in [2.05, 4.69) is 24.0 Å². The standard InChI is InChI=1S/C16H17ClN4/c1-20(2)9-10-21-15-7-8-18-11-14(15)16(19-21)12-3-5-13(17)6-4-12/h3-8,11H,9-10H2,1-2H3. The molecule has 3 rings (SSSR count).